The van der Waals surface area contributed by atoms with Gasteiger partial charge in [-0.05, 0) is 31.2 Å². The Hall–Kier alpha value is -1.00. The third kappa shape index (κ3) is 5.55. The van der Waals surface area contributed by atoms with Crippen LogP contribution >= 0.6 is 11.8 Å². The van der Waals surface area contributed by atoms with E-state index in [1.807, 2.05) is 17.8 Å². The van der Waals surface area contributed by atoms with Gasteiger partial charge >= 0.3 is 5.97 Å². The van der Waals surface area contributed by atoms with Gasteiger partial charge in [0.1, 0.15) is 6.04 Å². The van der Waals surface area contributed by atoms with Crippen LogP contribution in [0, 0.1) is 0 Å². The van der Waals surface area contributed by atoms with Crippen LogP contribution in [0.4, 0.5) is 0 Å². The zero-order chi connectivity index (χ0) is 14.0. The maximum atomic E-state index is 11.8. The number of unbranched alkanes of at least 4 members (excludes halogenated alkanes) is 2. The standard InChI is InChI=1S/C16H23NO2S/c18-16(15-13-20-12-10-17-15)19-11-6-2-5-9-14-7-3-1-4-8-14/h1,3-4,7-8,15,17H,2,5-6,9-13H2. The molecule has 3 nitrogen and oxygen atoms in total. The molecule has 1 aliphatic heterocycles. The average molecular weight is 293 g/mol. The lowest BCUT2D eigenvalue weighted by Gasteiger charge is -2.21. The molecule has 1 N–H and O–H groups in total. The summed E-state index contributed by atoms with van der Waals surface area (Å²) in [6.45, 7) is 1.46. The largest absolute Gasteiger partial charge is 0.465 e. The van der Waals surface area contributed by atoms with Gasteiger partial charge in [-0.2, -0.15) is 11.8 Å². The highest BCUT2D eigenvalue weighted by Gasteiger charge is 2.21. The lowest BCUT2D eigenvalue weighted by atomic mass is 10.1. The third-order valence-electron chi connectivity index (χ3n) is 3.40. The fourth-order valence-electron chi connectivity index (χ4n) is 2.24. The van der Waals surface area contributed by atoms with Crippen molar-refractivity contribution in [2.45, 2.75) is 31.7 Å². The van der Waals surface area contributed by atoms with Crippen LogP contribution in [0.3, 0.4) is 0 Å². The molecule has 0 bridgehead atoms. The summed E-state index contributed by atoms with van der Waals surface area (Å²) in [6.07, 6.45) is 4.32. The third-order valence-corrected chi connectivity index (χ3v) is 4.46. The minimum Gasteiger partial charge on any atom is -0.465 e. The van der Waals surface area contributed by atoms with Crippen LogP contribution in [0.5, 0.6) is 0 Å². The van der Waals surface area contributed by atoms with Crippen molar-refractivity contribution in [3.05, 3.63) is 35.9 Å². The van der Waals surface area contributed by atoms with E-state index in [9.17, 15) is 4.79 Å². The van der Waals surface area contributed by atoms with Gasteiger partial charge in [0, 0.05) is 18.1 Å². The molecule has 110 valence electrons. The Morgan fingerprint density at radius 2 is 2.10 bits per heavy atom. The second kappa shape index (κ2) is 9.03. The Kier molecular flexibility index (Phi) is 6.95. The number of hydrogen-bond donors (Lipinski definition) is 1. The Balaban J connectivity index is 1.50. The number of ether oxygens (including phenoxy) is 1. The van der Waals surface area contributed by atoms with Crippen LogP contribution in [0.1, 0.15) is 24.8 Å². The first-order valence-electron chi connectivity index (χ1n) is 7.38. The number of esters is 1. The highest BCUT2D eigenvalue weighted by atomic mass is 32.2. The van der Waals surface area contributed by atoms with Crippen molar-refractivity contribution < 1.29 is 9.53 Å². The number of aryl methyl sites for hydroxylation is 1. The van der Waals surface area contributed by atoms with E-state index in [4.69, 9.17) is 4.74 Å². The highest BCUT2D eigenvalue weighted by Crippen LogP contribution is 2.10. The number of carbonyl (C=O) groups excluding carboxylic acids is 1. The van der Waals surface area contributed by atoms with Crippen LogP contribution < -0.4 is 5.32 Å². The minimum absolute atomic E-state index is 0.0831. The molecule has 2 rings (SSSR count). The molecule has 0 spiro atoms. The van der Waals surface area contributed by atoms with E-state index in [1.165, 1.54) is 5.56 Å². The first-order chi connectivity index (χ1) is 9.86. The van der Waals surface area contributed by atoms with Crippen molar-refractivity contribution in [2.75, 3.05) is 24.7 Å². The summed E-state index contributed by atoms with van der Waals surface area (Å²) < 4.78 is 5.32. The summed E-state index contributed by atoms with van der Waals surface area (Å²) in [7, 11) is 0. The normalized spacial score (nSPS) is 18.7. The molecule has 1 fully saturated rings. The molecule has 0 aromatic heterocycles. The van der Waals surface area contributed by atoms with Crippen molar-refractivity contribution >= 4 is 17.7 Å². The van der Waals surface area contributed by atoms with Gasteiger partial charge in [-0.1, -0.05) is 30.3 Å². The average Bonchev–Trinajstić information content (AvgIpc) is 2.52. The Bertz CT molecular complexity index is 391. The van der Waals surface area contributed by atoms with Gasteiger partial charge in [-0.15, -0.1) is 0 Å². The molecule has 0 aliphatic carbocycles. The maximum Gasteiger partial charge on any atom is 0.323 e. The molecule has 1 aliphatic rings. The molecule has 1 atom stereocenters. The molecular weight excluding hydrogens is 270 g/mol. The molecule has 1 heterocycles. The summed E-state index contributed by atoms with van der Waals surface area (Å²) in [5.41, 5.74) is 1.38. The molecule has 0 radical (unpaired) electrons. The van der Waals surface area contributed by atoms with E-state index in [2.05, 4.69) is 29.6 Å². The van der Waals surface area contributed by atoms with E-state index in [0.717, 1.165) is 43.7 Å². The minimum atomic E-state index is -0.0990. The molecule has 1 saturated heterocycles. The summed E-state index contributed by atoms with van der Waals surface area (Å²) in [4.78, 5) is 11.8. The first kappa shape index (κ1) is 15.4. The lowest BCUT2D eigenvalue weighted by molar-refractivity contribution is -0.145. The zero-order valence-corrected chi connectivity index (χ0v) is 12.7. The molecule has 0 amide bonds. The van der Waals surface area contributed by atoms with E-state index in [0.29, 0.717) is 6.61 Å². The number of thioether (sulfide) groups is 1. The lowest BCUT2D eigenvalue weighted by Crippen LogP contribution is -2.44. The van der Waals surface area contributed by atoms with Gasteiger partial charge < -0.3 is 10.1 Å². The van der Waals surface area contributed by atoms with Crippen molar-refractivity contribution in [1.82, 2.24) is 5.32 Å². The fraction of sp³-hybridized carbons (Fsp3) is 0.562. The van der Waals surface area contributed by atoms with Gasteiger partial charge in [0.25, 0.3) is 0 Å². The quantitative estimate of drug-likeness (QED) is 0.619. The van der Waals surface area contributed by atoms with Crippen molar-refractivity contribution in [1.29, 1.82) is 0 Å². The molecule has 20 heavy (non-hydrogen) atoms. The molecule has 1 aromatic rings. The van der Waals surface area contributed by atoms with Crippen molar-refractivity contribution in [2.24, 2.45) is 0 Å². The molecule has 1 aromatic carbocycles. The monoisotopic (exact) mass is 293 g/mol. The number of carbonyl (C=O) groups is 1. The number of nitrogens with one attached hydrogen (secondary N) is 1. The van der Waals surface area contributed by atoms with Crippen LogP contribution in [0.2, 0.25) is 0 Å². The van der Waals surface area contributed by atoms with E-state index in [1.54, 1.807) is 0 Å². The van der Waals surface area contributed by atoms with Crippen LogP contribution in [0.15, 0.2) is 30.3 Å². The van der Waals surface area contributed by atoms with Gasteiger partial charge in [-0.3, -0.25) is 4.79 Å². The molecular formula is C16H23NO2S. The van der Waals surface area contributed by atoms with Gasteiger partial charge in [0.15, 0.2) is 0 Å². The van der Waals surface area contributed by atoms with Gasteiger partial charge in [0.2, 0.25) is 0 Å². The number of benzene rings is 1. The summed E-state index contributed by atoms with van der Waals surface area (Å²) >= 11 is 1.81. The first-order valence-corrected chi connectivity index (χ1v) is 8.53. The van der Waals surface area contributed by atoms with E-state index < -0.39 is 0 Å². The summed E-state index contributed by atoms with van der Waals surface area (Å²) in [5, 5.41) is 3.20. The summed E-state index contributed by atoms with van der Waals surface area (Å²) in [6, 6.07) is 10.4. The smallest absolute Gasteiger partial charge is 0.323 e. The predicted molar refractivity (Wildman–Crippen MR) is 84.1 cm³/mol. The van der Waals surface area contributed by atoms with E-state index in [-0.39, 0.29) is 12.0 Å². The number of rotatable bonds is 7. The van der Waals surface area contributed by atoms with E-state index >= 15 is 0 Å². The second-order valence-corrected chi connectivity index (χ2v) is 6.20. The number of hydrogen-bond acceptors (Lipinski definition) is 4. The van der Waals surface area contributed by atoms with Crippen LogP contribution in [-0.2, 0) is 16.0 Å². The topological polar surface area (TPSA) is 38.3 Å². The highest BCUT2D eigenvalue weighted by molar-refractivity contribution is 7.99. The second-order valence-electron chi connectivity index (χ2n) is 5.05. The van der Waals surface area contributed by atoms with Crippen molar-refractivity contribution in [3.8, 4) is 0 Å². The molecule has 4 heteroatoms. The van der Waals surface area contributed by atoms with Crippen molar-refractivity contribution in [3.63, 3.8) is 0 Å². The summed E-state index contributed by atoms with van der Waals surface area (Å²) in [5.74, 6) is 1.84. The zero-order valence-electron chi connectivity index (χ0n) is 11.8. The Labute approximate surface area is 125 Å². The Morgan fingerprint density at radius 3 is 2.85 bits per heavy atom. The SMILES string of the molecule is O=C(OCCCCCc1ccccc1)C1CSCCN1. The maximum absolute atomic E-state index is 11.8. The molecule has 1 unspecified atom stereocenters. The predicted octanol–water partition coefficient (Wildman–Crippen LogP) is 2.65. The van der Waals surface area contributed by atoms with Crippen LogP contribution in [0.25, 0.3) is 0 Å². The fourth-order valence-corrected chi connectivity index (χ4v) is 3.16. The van der Waals surface area contributed by atoms with Crippen LogP contribution in [-0.4, -0.2) is 36.7 Å². The van der Waals surface area contributed by atoms with Gasteiger partial charge in [0.05, 0.1) is 6.61 Å². The molecule has 0 saturated carbocycles. The Morgan fingerprint density at radius 1 is 1.25 bits per heavy atom. The van der Waals surface area contributed by atoms with Gasteiger partial charge in [-0.25, -0.2) is 0 Å².